The van der Waals surface area contributed by atoms with Crippen LogP contribution in [0.15, 0.2) is 42.5 Å². The van der Waals surface area contributed by atoms with E-state index in [9.17, 15) is 4.79 Å². The van der Waals surface area contributed by atoms with Crippen LogP contribution in [0.4, 0.5) is 16.2 Å². The summed E-state index contributed by atoms with van der Waals surface area (Å²) in [7, 11) is 0. The molecule has 0 aliphatic heterocycles. The van der Waals surface area contributed by atoms with E-state index in [1.54, 1.807) is 12.1 Å². The van der Waals surface area contributed by atoms with Gasteiger partial charge in [0.2, 0.25) is 0 Å². The Bertz CT molecular complexity index is 611. The number of hydrogen-bond acceptors (Lipinski definition) is 1. The monoisotopic (exact) mass is 274 g/mol. The fraction of sp³-hybridized carbons (Fsp3) is 0.133. The van der Waals surface area contributed by atoms with Crippen molar-refractivity contribution in [3.63, 3.8) is 0 Å². The highest BCUT2D eigenvalue weighted by Crippen LogP contribution is 2.20. The number of benzene rings is 2. The van der Waals surface area contributed by atoms with Crippen LogP contribution in [-0.2, 0) is 0 Å². The number of carbonyl (C=O) groups is 1. The van der Waals surface area contributed by atoms with E-state index in [0.717, 1.165) is 22.5 Å². The van der Waals surface area contributed by atoms with Crippen molar-refractivity contribution in [2.75, 3.05) is 10.6 Å². The first-order valence-corrected chi connectivity index (χ1v) is 6.34. The molecule has 0 atom stereocenters. The van der Waals surface area contributed by atoms with Gasteiger partial charge in [0.15, 0.2) is 0 Å². The standard InChI is InChI=1S/C15H15ClN2O/c1-10-5-3-4-6-13(10)17-15(19)18-14-8-7-12(16)9-11(14)2/h3-9H,1-2H3,(H2,17,18,19). The van der Waals surface area contributed by atoms with Crippen LogP contribution in [0, 0.1) is 13.8 Å². The molecule has 0 fully saturated rings. The van der Waals surface area contributed by atoms with Crippen molar-refractivity contribution in [3.05, 3.63) is 58.6 Å². The first-order valence-electron chi connectivity index (χ1n) is 5.96. The average molecular weight is 275 g/mol. The van der Waals surface area contributed by atoms with E-state index in [4.69, 9.17) is 11.6 Å². The number of anilines is 2. The highest BCUT2D eigenvalue weighted by atomic mass is 35.5. The third-order valence-corrected chi connectivity index (χ3v) is 3.07. The smallest absolute Gasteiger partial charge is 0.307 e. The lowest BCUT2D eigenvalue weighted by molar-refractivity contribution is 0.262. The number of hydrogen-bond donors (Lipinski definition) is 2. The predicted octanol–water partition coefficient (Wildman–Crippen LogP) is 4.60. The number of halogens is 1. The summed E-state index contributed by atoms with van der Waals surface area (Å²) in [4.78, 5) is 11.9. The van der Waals surface area contributed by atoms with Gasteiger partial charge in [0.05, 0.1) is 0 Å². The van der Waals surface area contributed by atoms with Gasteiger partial charge in [-0.1, -0.05) is 29.8 Å². The minimum absolute atomic E-state index is 0.264. The molecule has 0 heterocycles. The number of nitrogens with one attached hydrogen (secondary N) is 2. The Morgan fingerprint density at radius 3 is 2.21 bits per heavy atom. The molecule has 0 saturated heterocycles. The number of carbonyl (C=O) groups excluding carboxylic acids is 1. The van der Waals surface area contributed by atoms with Crippen LogP contribution in [0.25, 0.3) is 0 Å². The Morgan fingerprint density at radius 2 is 1.58 bits per heavy atom. The first-order chi connectivity index (χ1) is 9.06. The molecule has 0 spiro atoms. The Kier molecular flexibility index (Phi) is 4.07. The van der Waals surface area contributed by atoms with Gasteiger partial charge < -0.3 is 10.6 Å². The number of rotatable bonds is 2. The molecule has 0 aliphatic carbocycles. The second-order valence-electron chi connectivity index (χ2n) is 4.35. The van der Waals surface area contributed by atoms with E-state index in [1.807, 2.05) is 44.2 Å². The van der Waals surface area contributed by atoms with Crippen molar-refractivity contribution >= 4 is 29.0 Å². The molecule has 19 heavy (non-hydrogen) atoms. The highest BCUT2D eigenvalue weighted by Gasteiger charge is 2.06. The Hall–Kier alpha value is -2.00. The van der Waals surface area contributed by atoms with Crippen molar-refractivity contribution in [3.8, 4) is 0 Å². The van der Waals surface area contributed by atoms with Gasteiger partial charge in [-0.3, -0.25) is 0 Å². The van der Waals surface area contributed by atoms with Crippen molar-refractivity contribution in [1.29, 1.82) is 0 Å². The third kappa shape index (κ3) is 3.48. The van der Waals surface area contributed by atoms with Gasteiger partial charge in [-0.2, -0.15) is 0 Å². The van der Waals surface area contributed by atoms with E-state index in [0.29, 0.717) is 5.02 Å². The van der Waals surface area contributed by atoms with E-state index >= 15 is 0 Å². The molecule has 2 N–H and O–H groups in total. The summed E-state index contributed by atoms with van der Waals surface area (Å²) in [6.07, 6.45) is 0. The minimum atomic E-state index is -0.264. The van der Waals surface area contributed by atoms with Gasteiger partial charge in [-0.15, -0.1) is 0 Å². The minimum Gasteiger partial charge on any atom is -0.307 e. The zero-order valence-corrected chi connectivity index (χ0v) is 11.6. The Morgan fingerprint density at radius 1 is 0.947 bits per heavy atom. The van der Waals surface area contributed by atoms with Crippen LogP contribution in [0.2, 0.25) is 5.02 Å². The van der Waals surface area contributed by atoms with Gasteiger partial charge in [0.25, 0.3) is 0 Å². The van der Waals surface area contributed by atoms with Gasteiger partial charge in [0, 0.05) is 16.4 Å². The fourth-order valence-electron chi connectivity index (χ4n) is 1.76. The molecule has 98 valence electrons. The maximum atomic E-state index is 11.9. The van der Waals surface area contributed by atoms with Gasteiger partial charge >= 0.3 is 6.03 Å². The zero-order chi connectivity index (χ0) is 13.8. The summed E-state index contributed by atoms with van der Waals surface area (Å²) in [6.45, 7) is 3.85. The molecule has 2 aromatic carbocycles. The topological polar surface area (TPSA) is 41.1 Å². The first kappa shape index (κ1) is 13.4. The average Bonchev–Trinajstić information content (AvgIpc) is 2.36. The second-order valence-corrected chi connectivity index (χ2v) is 4.79. The molecule has 4 heteroatoms. The van der Waals surface area contributed by atoms with Crippen molar-refractivity contribution in [1.82, 2.24) is 0 Å². The van der Waals surface area contributed by atoms with Crippen LogP contribution < -0.4 is 10.6 Å². The fourth-order valence-corrected chi connectivity index (χ4v) is 1.98. The largest absolute Gasteiger partial charge is 0.323 e. The summed E-state index contributed by atoms with van der Waals surface area (Å²) < 4.78 is 0. The van der Waals surface area contributed by atoms with Crippen LogP contribution in [0.3, 0.4) is 0 Å². The lowest BCUT2D eigenvalue weighted by Gasteiger charge is -2.11. The lowest BCUT2D eigenvalue weighted by Crippen LogP contribution is -2.20. The van der Waals surface area contributed by atoms with Gasteiger partial charge in [0.1, 0.15) is 0 Å². The van der Waals surface area contributed by atoms with E-state index in [-0.39, 0.29) is 6.03 Å². The van der Waals surface area contributed by atoms with Crippen molar-refractivity contribution in [2.24, 2.45) is 0 Å². The van der Waals surface area contributed by atoms with Crippen molar-refractivity contribution in [2.45, 2.75) is 13.8 Å². The van der Waals surface area contributed by atoms with E-state index in [1.165, 1.54) is 0 Å². The SMILES string of the molecule is Cc1ccccc1NC(=O)Nc1ccc(Cl)cc1C. The second kappa shape index (κ2) is 5.76. The van der Waals surface area contributed by atoms with Gasteiger partial charge in [-0.05, 0) is 49.2 Å². The van der Waals surface area contributed by atoms with Crippen LogP contribution in [0.1, 0.15) is 11.1 Å². The van der Waals surface area contributed by atoms with Crippen LogP contribution >= 0.6 is 11.6 Å². The maximum absolute atomic E-state index is 11.9. The predicted molar refractivity (Wildman–Crippen MR) is 80.0 cm³/mol. The summed E-state index contributed by atoms with van der Waals surface area (Å²) >= 11 is 5.88. The molecule has 0 aliphatic rings. The highest BCUT2D eigenvalue weighted by molar-refractivity contribution is 6.30. The molecule has 2 rings (SSSR count). The third-order valence-electron chi connectivity index (χ3n) is 2.83. The molecule has 2 aromatic rings. The molecule has 2 amide bonds. The molecule has 0 radical (unpaired) electrons. The molecule has 0 unspecified atom stereocenters. The molecule has 3 nitrogen and oxygen atoms in total. The summed E-state index contributed by atoms with van der Waals surface area (Å²) in [5.74, 6) is 0. The molecule has 0 saturated carbocycles. The summed E-state index contributed by atoms with van der Waals surface area (Å²) in [5.41, 5.74) is 3.49. The number of urea groups is 1. The maximum Gasteiger partial charge on any atom is 0.323 e. The molecule has 0 aromatic heterocycles. The normalized spacial score (nSPS) is 10.1. The van der Waals surface area contributed by atoms with E-state index in [2.05, 4.69) is 10.6 Å². The summed E-state index contributed by atoms with van der Waals surface area (Å²) in [6, 6.07) is 12.7. The Labute approximate surface area is 117 Å². The van der Waals surface area contributed by atoms with Crippen LogP contribution in [0.5, 0.6) is 0 Å². The number of amides is 2. The van der Waals surface area contributed by atoms with Crippen molar-refractivity contribution < 1.29 is 4.79 Å². The molecule has 0 bridgehead atoms. The molecular weight excluding hydrogens is 260 g/mol. The summed E-state index contributed by atoms with van der Waals surface area (Å²) in [5, 5.41) is 6.28. The lowest BCUT2D eigenvalue weighted by atomic mass is 10.2. The van der Waals surface area contributed by atoms with Gasteiger partial charge in [-0.25, -0.2) is 4.79 Å². The van der Waals surface area contributed by atoms with E-state index < -0.39 is 0 Å². The number of aryl methyl sites for hydroxylation is 2. The quantitative estimate of drug-likeness (QED) is 0.825. The van der Waals surface area contributed by atoms with Crippen LogP contribution in [-0.4, -0.2) is 6.03 Å². The molecular formula is C15H15ClN2O. The Balaban J connectivity index is 2.08. The number of para-hydroxylation sites is 1. The zero-order valence-electron chi connectivity index (χ0n) is 10.8.